The predicted octanol–water partition coefficient (Wildman–Crippen LogP) is 1.31. The average molecular weight is 217 g/mol. The van der Waals surface area contributed by atoms with E-state index in [2.05, 4.69) is 20.9 Å². The number of aromatic nitrogens is 1. The Morgan fingerprint density at radius 2 is 2.36 bits per heavy atom. The van der Waals surface area contributed by atoms with Crippen LogP contribution in [-0.4, -0.2) is 12.1 Å². The minimum atomic E-state index is 0.498. The highest BCUT2D eigenvalue weighted by molar-refractivity contribution is 9.10. The first-order valence-corrected chi connectivity index (χ1v) is 3.96. The van der Waals surface area contributed by atoms with Crippen molar-refractivity contribution in [2.75, 3.05) is 7.11 Å². The zero-order valence-electron chi connectivity index (χ0n) is 6.17. The highest BCUT2D eigenvalue weighted by Crippen LogP contribution is 2.15. The molecule has 1 rings (SSSR count). The number of pyridine rings is 1. The van der Waals surface area contributed by atoms with Crippen LogP contribution in [-0.2, 0) is 6.54 Å². The van der Waals surface area contributed by atoms with E-state index in [0.717, 1.165) is 10.2 Å². The minimum Gasteiger partial charge on any atom is -0.481 e. The van der Waals surface area contributed by atoms with Crippen molar-refractivity contribution in [3.63, 3.8) is 0 Å². The number of nitrogens with zero attached hydrogens (tertiary/aromatic N) is 1. The Balaban J connectivity index is 3.02. The van der Waals surface area contributed by atoms with Gasteiger partial charge < -0.3 is 10.5 Å². The van der Waals surface area contributed by atoms with Gasteiger partial charge in [0.15, 0.2) is 0 Å². The Bertz CT molecular complexity index is 230. The highest BCUT2D eigenvalue weighted by Gasteiger charge is 1.98. The zero-order valence-corrected chi connectivity index (χ0v) is 7.76. The molecule has 1 aromatic heterocycles. The van der Waals surface area contributed by atoms with Gasteiger partial charge in [0.1, 0.15) is 4.60 Å². The summed E-state index contributed by atoms with van der Waals surface area (Å²) < 4.78 is 5.69. The van der Waals surface area contributed by atoms with Crippen LogP contribution in [0.5, 0.6) is 5.88 Å². The maximum atomic E-state index is 5.44. The molecule has 0 bridgehead atoms. The second-order valence-corrected chi connectivity index (χ2v) is 2.86. The molecule has 2 N–H and O–H groups in total. The summed E-state index contributed by atoms with van der Waals surface area (Å²) in [6, 6.07) is 3.67. The van der Waals surface area contributed by atoms with Gasteiger partial charge in [-0.3, -0.25) is 0 Å². The molecule has 0 radical (unpaired) electrons. The van der Waals surface area contributed by atoms with Gasteiger partial charge in [0.2, 0.25) is 5.88 Å². The lowest BCUT2D eigenvalue weighted by molar-refractivity contribution is 0.396. The number of ether oxygens (including phenoxy) is 1. The molecule has 0 spiro atoms. The minimum absolute atomic E-state index is 0.498. The van der Waals surface area contributed by atoms with Crippen molar-refractivity contribution in [3.8, 4) is 5.88 Å². The Hall–Kier alpha value is -0.610. The predicted molar refractivity (Wildman–Crippen MR) is 46.4 cm³/mol. The van der Waals surface area contributed by atoms with Crippen molar-refractivity contribution in [1.29, 1.82) is 0 Å². The summed E-state index contributed by atoms with van der Waals surface area (Å²) >= 11 is 3.25. The summed E-state index contributed by atoms with van der Waals surface area (Å²) in [5.41, 5.74) is 6.44. The van der Waals surface area contributed by atoms with Crippen LogP contribution in [0.2, 0.25) is 0 Å². The molecule has 0 amide bonds. The SMILES string of the molecule is COc1cc(CN)cc(Br)n1. The number of halogens is 1. The monoisotopic (exact) mass is 216 g/mol. The Kier molecular flexibility index (Phi) is 2.84. The Morgan fingerprint density at radius 3 is 2.91 bits per heavy atom. The van der Waals surface area contributed by atoms with E-state index in [4.69, 9.17) is 10.5 Å². The molecule has 1 heterocycles. The van der Waals surface area contributed by atoms with Gasteiger partial charge in [-0.2, -0.15) is 0 Å². The third-order valence-electron chi connectivity index (χ3n) is 1.28. The summed E-state index contributed by atoms with van der Waals surface area (Å²) in [6.07, 6.45) is 0. The largest absolute Gasteiger partial charge is 0.481 e. The van der Waals surface area contributed by atoms with Gasteiger partial charge in [0.25, 0.3) is 0 Å². The smallest absolute Gasteiger partial charge is 0.214 e. The van der Waals surface area contributed by atoms with E-state index in [1.807, 2.05) is 12.1 Å². The summed E-state index contributed by atoms with van der Waals surface area (Å²) in [5.74, 6) is 0.583. The normalized spacial score (nSPS) is 9.73. The van der Waals surface area contributed by atoms with Crippen molar-refractivity contribution >= 4 is 15.9 Å². The van der Waals surface area contributed by atoms with Gasteiger partial charge in [-0.25, -0.2) is 4.98 Å². The summed E-state index contributed by atoms with van der Waals surface area (Å²) in [7, 11) is 1.58. The van der Waals surface area contributed by atoms with Crippen molar-refractivity contribution in [1.82, 2.24) is 4.98 Å². The van der Waals surface area contributed by atoms with E-state index in [-0.39, 0.29) is 0 Å². The van der Waals surface area contributed by atoms with E-state index < -0.39 is 0 Å². The summed E-state index contributed by atoms with van der Waals surface area (Å²) in [5, 5.41) is 0. The van der Waals surface area contributed by atoms with Crippen LogP contribution in [0.25, 0.3) is 0 Å². The van der Waals surface area contributed by atoms with Crippen LogP contribution < -0.4 is 10.5 Å². The molecule has 3 nitrogen and oxygen atoms in total. The first kappa shape index (κ1) is 8.49. The molecule has 0 fully saturated rings. The van der Waals surface area contributed by atoms with Crippen LogP contribution in [0, 0.1) is 0 Å². The number of rotatable bonds is 2. The third-order valence-corrected chi connectivity index (χ3v) is 1.68. The van der Waals surface area contributed by atoms with Crippen LogP contribution in [0.15, 0.2) is 16.7 Å². The van der Waals surface area contributed by atoms with E-state index in [1.165, 1.54) is 0 Å². The summed E-state index contributed by atoms with van der Waals surface area (Å²) in [4.78, 5) is 4.04. The van der Waals surface area contributed by atoms with Crippen molar-refractivity contribution in [2.45, 2.75) is 6.54 Å². The van der Waals surface area contributed by atoms with Gasteiger partial charge in [-0.1, -0.05) is 0 Å². The fraction of sp³-hybridized carbons (Fsp3) is 0.286. The maximum absolute atomic E-state index is 5.44. The molecule has 11 heavy (non-hydrogen) atoms. The van der Waals surface area contributed by atoms with Crippen molar-refractivity contribution < 1.29 is 4.74 Å². The van der Waals surface area contributed by atoms with Gasteiger partial charge in [0.05, 0.1) is 7.11 Å². The number of hydrogen-bond acceptors (Lipinski definition) is 3. The maximum Gasteiger partial charge on any atom is 0.214 e. The fourth-order valence-electron chi connectivity index (χ4n) is 0.745. The summed E-state index contributed by atoms with van der Waals surface area (Å²) in [6.45, 7) is 0.498. The third kappa shape index (κ3) is 2.17. The topological polar surface area (TPSA) is 48.1 Å². The van der Waals surface area contributed by atoms with E-state index >= 15 is 0 Å². The molecule has 0 saturated carbocycles. The second kappa shape index (κ2) is 3.69. The number of nitrogens with two attached hydrogens (primary N) is 1. The fourth-order valence-corrected chi connectivity index (χ4v) is 1.21. The molecule has 0 unspecified atom stereocenters. The quantitative estimate of drug-likeness (QED) is 0.759. The van der Waals surface area contributed by atoms with Crippen LogP contribution >= 0.6 is 15.9 Å². The molecular weight excluding hydrogens is 208 g/mol. The lowest BCUT2D eigenvalue weighted by Gasteiger charge is -2.01. The zero-order chi connectivity index (χ0) is 8.27. The van der Waals surface area contributed by atoms with Crippen molar-refractivity contribution in [2.24, 2.45) is 5.73 Å². The molecule has 1 aromatic rings. The standard InChI is InChI=1S/C7H9BrN2O/c1-11-7-3-5(4-9)2-6(8)10-7/h2-3H,4,9H2,1H3. The Morgan fingerprint density at radius 1 is 1.64 bits per heavy atom. The molecule has 0 saturated heterocycles. The van der Waals surface area contributed by atoms with E-state index in [1.54, 1.807) is 7.11 Å². The first-order chi connectivity index (χ1) is 5.26. The van der Waals surface area contributed by atoms with Gasteiger partial charge >= 0.3 is 0 Å². The highest BCUT2D eigenvalue weighted by atomic mass is 79.9. The number of methoxy groups -OCH3 is 1. The van der Waals surface area contributed by atoms with Crippen LogP contribution in [0.1, 0.15) is 5.56 Å². The van der Waals surface area contributed by atoms with Crippen LogP contribution in [0.3, 0.4) is 0 Å². The first-order valence-electron chi connectivity index (χ1n) is 3.17. The molecule has 0 atom stereocenters. The number of hydrogen-bond donors (Lipinski definition) is 1. The molecule has 0 aliphatic heterocycles. The Labute approximate surface area is 73.7 Å². The van der Waals surface area contributed by atoms with Gasteiger partial charge in [-0.05, 0) is 27.6 Å². The second-order valence-electron chi connectivity index (χ2n) is 2.04. The van der Waals surface area contributed by atoms with Crippen molar-refractivity contribution in [3.05, 3.63) is 22.3 Å². The van der Waals surface area contributed by atoms with Crippen LogP contribution in [0.4, 0.5) is 0 Å². The molecular formula is C7H9BrN2O. The van der Waals surface area contributed by atoms with E-state index in [9.17, 15) is 0 Å². The van der Waals surface area contributed by atoms with Gasteiger partial charge in [0, 0.05) is 12.6 Å². The molecule has 60 valence electrons. The molecule has 0 aliphatic carbocycles. The molecule has 4 heteroatoms. The van der Waals surface area contributed by atoms with E-state index in [0.29, 0.717) is 12.4 Å². The van der Waals surface area contributed by atoms with Gasteiger partial charge in [-0.15, -0.1) is 0 Å². The lowest BCUT2D eigenvalue weighted by Crippen LogP contribution is -1.98. The molecule has 0 aromatic carbocycles. The molecule has 0 aliphatic rings. The lowest BCUT2D eigenvalue weighted by atomic mass is 10.3. The average Bonchev–Trinajstić information content (AvgIpc) is 2.03.